The zero-order valence-electron chi connectivity index (χ0n) is 8.75. The molecule has 0 aliphatic heterocycles. The molecule has 1 aromatic heterocycles. The van der Waals surface area contributed by atoms with Crippen molar-refractivity contribution in [3.8, 4) is 0 Å². The summed E-state index contributed by atoms with van der Waals surface area (Å²) in [5, 5.41) is 5.16. The zero-order valence-corrected chi connectivity index (χ0v) is 11.2. The Morgan fingerprint density at radius 3 is 3.00 bits per heavy atom. The lowest BCUT2D eigenvalue weighted by molar-refractivity contribution is -0.145. The van der Waals surface area contributed by atoms with E-state index in [1.165, 1.54) is 5.56 Å². The number of rotatable bonds is 5. The van der Waals surface area contributed by atoms with E-state index in [2.05, 4.69) is 26.6 Å². The molecule has 1 heterocycles. The lowest BCUT2D eigenvalue weighted by Crippen LogP contribution is -2.34. The largest absolute Gasteiger partial charge is 0.465 e. The van der Waals surface area contributed by atoms with Gasteiger partial charge in [-0.3, -0.25) is 4.79 Å². The number of nitrogens with one attached hydrogen (secondary N) is 1. The van der Waals surface area contributed by atoms with Crippen LogP contribution in [0, 0.1) is 0 Å². The molecule has 0 aliphatic carbocycles. The maximum absolute atomic E-state index is 11.3. The number of carbonyl (C=O) groups is 1. The molecule has 0 amide bonds. The second-order valence-electron chi connectivity index (χ2n) is 3.11. The number of ether oxygens (including phenoxy) is 1. The van der Waals surface area contributed by atoms with E-state index < -0.39 is 0 Å². The number of thiophene rings is 1. The van der Waals surface area contributed by atoms with Crippen molar-refractivity contribution in [3.63, 3.8) is 0 Å². The van der Waals surface area contributed by atoms with Crippen LogP contribution in [0.15, 0.2) is 15.2 Å². The van der Waals surface area contributed by atoms with E-state index in [-0.39, 0.29) is 12.0 Å². The summed E-state index contributed by atoms with van der Waals surface area (Å²) >= 11 is 5.03. The van der Waals surface area contributed by atoms with Gasteiger partial charge in [-0.2, -0.15) is 0 Å². The summed E-state index contributed by atoms with van der Waals surface area (Å²) in [6.45, 7) is 4.72. The quantitative estimate of drug-likeness (QED) is 0.848. The molecule has 84 valence electrons. The second-order valence-corrected chi connectivity index (χ2v) is 5.40. The smallest absolute Gasteiger partial charge is 0.322 e. The van der Waals surface area contributed by atoms with Gasteiger partial charge in [0.25, 0.3) is 0 Å². The normalized spacial score (nSPS) is 12.5. The van der Waals surface area contributed by atoms with E-state index >= 15 is 0 Å². The Morgan fingerprint density at radius 1 is 1.73 bits per heavy atom. The van der Waals surface area contributed by atoms with E-state index in [1.807, 2.05) is 6.07 Å². The van der Waals surface area contributed by atoms with Crippen LogP contribution in [-0.2, 0) is 16.1 Å². The molecule has 1 N–H and O–H groups in total. The van der Waals surface area contributed by atoms with E-state index in [1.54, 1.807) is 25.2 Å². The maximum Gasteiger partial charge on any atom is 0.322 e. The first-order valence-electron chi connectivity index (χ1n) is 4.76. The molecule has 0 saturated carbocycles. The van der Waals surface area contributed by atoms with Gasteiger partial charge in [-0.25, -0.2) is 0 Å². The Kier molecular flexibility index (Phi) is 5.28. The molecule has 0 aromatic carbocycles. The van der Waals surface area contributed by atoms with Crippen molar-refractivity contribution in [3.05, 3.63) is 20.8 Å². The number of hydrogen-bond donors (Lipinski definition) is 1. The van der Waals surface area contributed by atoms with E-state index in [0.29, 0.717) is 13.2 Å². The topological polar surface area (TPSA) is 38.3 Å². The van der Waals surface area contributed by atoms with Gasteiger partial charge in [0.05, 0.1) is 10.4 Å². The standard InChI is InChI=1S/C10H14BrNO2S/c1-3-14-10(13)7(2)12-5-8-4-9(11)15-6-8/h4,6-7,12H,3,5H2,1-2H3. The van der Waals surface area contributed by atoms with Crippen molar-refractivity contribution in [2.75, 3.05) is 6.61 Å². The fourth-order valence-electron chi connectivity index (χ4n) is 1.06. The van der Waals surface area contributed by atoms with Gasteiger partial charge in [-0.05, 0) is 46.8 Å². The Bertz CT molecular complexity index is 327. The number of halogens is 1. The highest BCUT2D eigenvalue weighted by atomic mass is 79.9. The molecular formula is C10H14BrNO2S. The van der Waals surface area contributed by atoms with Crippen molar-refractivity contribution in [2.24, 2.45) is 0 Å². The van der Waals surface area contributed by atoms with Gasteiger partial charge in [0.15, 0.2) is 0 Å². The summed E-state index contributed by atoms with van der Waals surface area (Å²) in [4.78, 5) is 11.3. The molecule has 0 fully saturated rings. The van der Waals surface area contributed by atoms with Gasteiger partial charge in [-0.1, -0.05) is 0 Å². The third-order valence-electron chi connectivity index (χ3n) is 1.87. The third-order valence-corrected chi connectivity index (χ3v) is 3.43. The number of carbonyl (C=O) groups excluding carboxylic acids is 1. The van der Waals surface area contributed by atoms with Gasteiger partial charge in [-0.15, -0.1) is 11.3 Å². The minimum Gasteiger partial charge on any atom is -0.465 e. The average molecular weight is 292 g/mol. The molecule has 1 unspecified atom stereocenters. The molecule has 3 nitrogen and oxygen atoms in total. The first-order valence-corrected chi connectivity index (χ1v) is 6.43. The highest BCUT2D eigenvalue weighted by Crippen LogP contribution is 2.20. The van der Waals surface area contributed by atoms with E-state index in [9.17, 15) is 4.79 Å². The second kappa shape index (κ2) is 6.25. The summed E-state index contributed by atoms with van der Waals surface area (Å²) in [5.74, 6) is -0.202. The van der Waals surface area contributed by atoms with Crippen LogP contribution in [0.5, 0.6) is 0 Å². The van der Waals surface area contributed by atoms with Crippen molar-refractivity contribution >= 4 is 33.2 Å². The SMILES string of the molecule is CCOC(=O)C(C)NCc1csc(Br)c1. The van der Waals surface area contributed by atoms with Crippen LogP contribution in [0.2, 0.25) is 0 Å². The molecule has 0 spiro atoms. The monoisotopic (exact) mass is 291 g/mol. The molecule has 5 heteroatoms. The number of esters is 1. The highest BCUT2D eigenvalue weighted by Gasteiger charge is 2.12. The summed E-state index contributed by atoms with van der Waals surface area (Å²) in [5.41, 5.74) is 1.17. The predicted molar refractivity (Wildman–Crippen MR) is 65.0 cm³/mol. The molecule has 0 radical (unpaired) electrons. The fraction of sp³-hybridized carbons (Fsp3) is 0.500. The lowest BCUT2D eigenvalue weighted by atomic mass is 10.3. The lowest BCUT2D eigenvalue weighted by Gasteiger charge is -2.11. The highest BCUT2D eigenvalue weighted by molar-refractivity contribution is 9.11. The van der Waals surface area contributed by atoms with Crippen molar-refractivity contribution in [1.29, 1.82) is 0 Å². The fourth-order valence-corrected chi connectivity index (χ4v) is 2.27. The van der Waals surface area contributed by atoms with E-state index in [4.69, 9.17) is 4.74 Å². The maximum atomic E-state index is 11.3. The van der Waals surface area contributed by atoms with Crippen LogP contribution < -0.4 is 5.32 Å². The molecule has 0 saturated heterocycles. The first-order chi connectivity index (χ1) is 7.13. The minimum atomic E-state index is -0.261. The Balaban J connectivity index is 2.33. The van der Waals surface area contributed by atoms with Crippen LogP contribution in [-0.4, -0.2) is 18.6 Å². The van der Waals surface area contributed by atoms with Crippen molar-refractivity contribution in [2.45, 2.75) is 26.4 Å². The van der Waals surface area contributed by atoms with Gasteiger partial charge < -0.3 is 10.1 Å². The Labute approximate surface area is 102 Å². The summed E-state index contributed by atoms with van der Waals surface area (Å²) in [6, 6.07) is 1.78. The van der Waals surface area contributed by atoms with Crippen LogP contribution in [0.3, 0.4) is 0 Å². The summed E-state index contributed by atoms with van der Waals surface area (Å²) in [7, 11) is 0. The summed E-state index contributed by atoms with van der Waals surface area (Å²) < 4.78 is 5.99. The molecule has 1 atom stereocenters. The van der Waals surface area contributed by atoms with Crippen molar-refractivity contribution < 1.29 is 9.53 Å². The van der Waals surface area contributed by atoms with Crippen LogP contribution in [0.4, 0.5) is 0 Å². The van der Waals surface area contributed by atoms with Crippen LogP contribution in [0.25, 0.3) is 0 Å². The van der Waals surface area contributed by atoms with Crippen LogP contribution >= 0.6 is 27.3 Å². The molecular weight excluding hydrogens is 278 g/mol. The third kappa shape index (κ3) is 4.32. The van der Waals surface area contributed by atoms with Gasteiger partial charge in [0, 0.05) is 6.54 Å². The molecule has 15 heavy (non-hydrogen) atoms. The van der Waals surface area contributed by atoms with Gasteiger partial charge in [0.1, 0.15) is 6.04 Å². The van der Waals surface area contributed by atoms with E-state index in [0.717, 1.165) is 3.79 Å². The summed E-state index contributed by atoms with van der Waals surface area (Å²) in [6.07, 6.45) is 0. The first kappa shape index (κ1) is 12.7. The molecule has 0 aliphatic rings. The minimum absolute atomic E-state index is 0.202. The molecule has 1 rings (SSSR count). The average Bonchev–Trinajstić information content (AvgIpc) is 2.61. The van der Waals surface area contributed by atoms with Gasteiger partial charge >= 0.3 is 5.97 Å². The molecule has 0 bridgehead atoms. The number of hydrogen-bond acceptors (Lipinski definition) is 4. The Hall–Kier alpha value is -0.390. The van der Waals surface area contributed by atoms with Crippen molar-refractivity contribution in [1.82, 2.24) is 5.32 Å². The van der Waals surface area contributed by atoms with Crippen LogP contribution in [0.1, 0.15) is 19.4 Å². The molecule has 1 aromatic rings. The van der Waals surface area contributed by atoms with Gasteiger partial charge in [0.2, 0.25) is 0 Å². The Morgan fingerprint density at radius 2 is 2.47 bits per heavy atom. The predicted octanol–water partition coefficient (Wildman–Crippen LogP) is 2.55. The zero-order chi connectivity index (χ0) is 11.3.